The van der Waals surface area contributed by atoms with Gasteiger partial charge in [-0.3, -0.25) is 4.68 Å². The monoisotopic (exact) mass is 340 g/mol. The van der Waals surface area contributed by atoms with E-state index in [1.165, 1.54) is 11.3 Å². The standard InChI is InChI=1S/C15H18BrClN2/c1-3-19-15(7-11(2)18-19)9-13(10-17)12-5-4-6-14(16)8-12/h4-8,13H,3,9-10H2,1-2H3. The number of alkyl halides is 1. The topological polar surface area (TPSA) is 17.8 Å². The molecule has 1 heterocycles. The highest BCUT2D eigenvalue weighted by molar-refractivity contribution is 9.10. The first-order valence-electron chi connectivity index (χ1n) is 6.48. The summed E-state index contributed by atoms with van der Waals surface area (Å²) in [6, 6.07) is 10.5. The third kappa shape index (κ3) is 3.61. The van der Waals surface area contributed by atoms with Crippen LogP contribution in [0.4, 0.5) is 0 Å². The molecule has 0 saturated heterocycles. The van der Waals surface area contributed by atoms with Crippen molar-refractivity contribution in [3.63, 3.8) is 0 Å². The van der Waals surface area contributed by atoms with Crippen molar-refractivity contribution in [2.24, 2.45) is 0 Å². The maximum Gasteiger partial charge on any atom is 0.0596 e. The van der Waals surface area contributed by atoms with E-state index >= 15 is 0 Å². The van der Waals surface area contributed by atoms with Crippen LogP contribution in [0.25, 0.3) is 0 Å². The van der Waals surface area contributed by atoms with Crippen molar-refractivity contribution in [2.75, 3.05) is 5.88 Å². The molecule has 2 nitrogen and oxygen atoms in total. The van der Waals surface area contributed by atoms with Crippen LogP contribution in [0.2, 0.25) is 0 Å². The van der Waals surface area contributed by atoms with Gasteiger partial charge >= 0.3 is 0 Å². The number of hydrogen-bond donors (Lipinski definition) is 0. The van der Waals surface area contributed by atoms with Crippen LogP contribution in [0, 0.1) is 6.92 Å². The van der Waals surface area contributed by atoms with Gasteiger partial charge in [0, 0.05) is 28.5 Å². The van der Waals surface area contributed by atoms with Crippen molar-refractivity contribution in [1.29, 1.82) is 0 Å². The molecular weight excluding hydrogens is 324 g/mol. The molecule has 0 saturated carbocycles. The number of benzene rings is 1. The Kier molecular flexibility index (Phi) is 5.06. The first-order chi connectivity index (χ1) is 9.13. The average Bonchev–Trinajstić information content (AvgIpc) is 2.76. The lowest BCUT2D eigenvalue weighted by atomic mass is 9.96. The Labute approximate surface area is 127 Å². The van der Waals surface area contributed by atoms with Gasteiger partial charge in [-0.05, 0) is 44.0 Å². The molecule has 0 aliphatic rings. The van der Waals surface area contributed by atoms with Gasteiger partial charge in [-0.1, -0.05) is 28.1 Å². The van der Waals surface area contributed by atoms with E-state index in [2.05, 4.69) is 56.9 Å². The summed E-state index contributed by atoms with van der Waals surface area (Å²) in [5, 5.41) is 4.49. The molecule has 0 aliphatic heterocycles. The van der Waals surface area contributed by atoms with Crippen LogP contribution in [-0.2, 0) is 13.0 Å². The van der Waals surface area contributed by atoms with Crippen LogP contribution in [0.5, 0.6) is 0 Å². The largest absolute Gasteiger partial charge is 0.270 e. The van der Waals surface area contributed by atoms with E-state index in [9.17, 15) is 0 Å². The smallest absolute Gasteiger partial charge is 0.0596 e. The maximum atomic E-state index is 6.16. The van der Waals surface area contributed by atoms with Crippen LogP contribution < -0.4 is 0 Å². The number of nitrogens with zero attached hydrogens (tertiary/aromatic N) is 2. The molecule has 1 aromatic heterocycles. The predicted molar refractivity (Wildman–Crippen MR) is 83.9 cm³/mol. The highest BCUT2D eigenvalue weighted by atomic mass is 79.9. The van der Waals surface area contributed by atoms with Crippen molar-refractivity contribution in [2.45, 2.75) is 32.7 Å². The molecule has 2 rings (SSSR count). The second-order valence-corrected chi connectivity index (χ2v) is 5.93. The Morgan fingerprint density at radius 1 is 1.37 bits per heavy atom. The van der Waals surface area contributed by atoms with Crippen molar-refractivity contribution < 1.29 is 0 Å². The Bertz CT molecular complexity index is 551. The number of aryl methyl sites for hydroxylation is 2. The lowest BCUT2D eigenvalue weighted by molar-refractivity contribution is 0.595. The molecule has 0 radical (unpaired) electrons. The van der Waals surface area contributed by atoms with Gasteiger partial charge < -0.3 is 0 Å². The molecule has 19 heavy (non-hydrogen) atoms. The van der Waals surface area contributed by atoms with Crippen molar-refractivity contribution in [3.05, 3.63) is 51.8 Å². The SMILES string of the molecule is CCn1nc(C)cc1CC(CCl)c1cccc(Br)c1. The Morgan fingerprint density at radius 2 is 2.16 bits per heavy atom. The van der Waals surface area contributed by atoms with Gasteiger partial charge in [-0.2, -0.15) is 5.10 Å². The summed E-state index contributed by atoms with van der Waals surface area (Å²) in [6.07, 6.45) is 0.925. The van der Waals surface area contributed by atoms with Gasteiger partial charge in [0.2, 0.25) is 0 Å². The van der Waals surface area contributed by atoms with E-state index in [0.29, 0.717) is 11.8 Å². The second-order valence-electron chi connectivity index (χ2n) is 4.70. The predicted octanol–water partition coefficient (Wildman–Crippen LogP) is 4.54. The first-order valence-corrected chi connectivity index (χ1v) is 7.81. The molecule has 2 aromatic rings. The van der Waals surface area contributed by atoms with E-state index in [1.54, 1.807) is 0 Å². The summed E-state index contributed by atoms with van der Waals surface area (Å²) in [6.45, 7) is 5.05. The van der Waals surface area contributed by atoms with Gasteiger partial charge in [0.25, 0.3) is 0 Å². The molecule has 1 aromatic carbocycles. The fourth-order valence-electron chi connectivity index (χ4n) is 2.31. The summed E-state index contributed by atoms with van der Waals surface area (Å²) in [5.41, 5.74) is 3.59. The minimum Gasteiger partial charge on any atom is -0.270 e. The van der Waals surface area contributed by atoms with Crippen molar-refractivity contribution >= 4 is 27.5 Å². The average molecular weight is 342 g/mol. The number of rotatable bonds is 5. The molecule has 0 spiro atoms. The van der Waals surface area contributed by atoms with Crippen molar-refractivity contribution in [1.82, 2.24) is 9.78 Å². The van der Waals surface area contributed by atoms with E-state index < -0.39 is 0 Å². The highest BCUT2D eigenvalue weighted by Crippen LogP contribution is 2.25. The van der Waals surface area contributed by atoms with E-state index in [-0.39, 0.29) is 0 Å². The zero-order chi connectivity index (χ0) is 13.8. The number of aromatic nitrogens is 2. The van der Waals surface area contributed by atoms with E-state index in [4.69, 9.17) is 11.6 Å². The summed E-state index contributed by atoms with van der Waals surface area (Å²) < 4.78 is 3.16. The first kappa shape index (κ1) is 14.6. The molecule has 1 atom stereocenters. The summed E-state index contributed by atoms with van der Waals surface area (Å²) in [5.74, 6) is 0.935. The van der Waals surface area contributed by atoms with Crippen LogP contribution >= 0.6 is 27.5 Å². The molecular formula is C15H18BrClN2. The van der Waals surface area contributed by atoms with Crippen LogP contribution in [0.3, 0.4) is 0 Å². The van der Waals surface area contributed by atoms with Gasteiger partial charge in [0.1, 0.15) is 0 Å². The molecule has 1 unspecified atom stereocenters. The van der Waals surface area contributed by atoms with Gasteiger partial charge in [-0.15, -0.1) is 11.6 Å². The third-order valence-electron chi connectivity index (χ3n) is 3.25. The summed E-state index contributed by atoms with van der Waals surface area (Å²) >= 11 is 9.68. The van der Waals surface area contributed by atoms with Gasteiger partial charge in [-0.25, -0.2) is 0 Å². The summed E-state index contributed by atoms with van der Waals surface area (Å²) in [7, 11) is 0. The fourth-order valence-corrected chi connectivity index (χ4v) is 3.02. The fraction of sp³-hybridized carbons (Fsp3) is 0.400. The van der Waals surface area contributed by atoms with E-state index in [0.717, 1.165) is 23.1 Å². The number of halogens is 2. The van der Waals surface area contributed by atoms with Crippen LogP contribution in [0.1, 0.15) is 29.8 Å². The van der Waals surface area contributed by atoms with Crippen molar-refractivity contribution in [3.8, 4) is 0 Å². The highest BCUT2D eigenvalue weighted by Gasteiger charge is 2.15. The number of hydrogen-bond acceptors (Lipinski definition) is 1. The van der Waals surface area contributed by atoms with Gasteiger partial charge in [0.05, 0.1) is 5.69 Å². The van der Waals surface area contributed by atoms with Crippen LogP contribution in [0.15, 0.2) is 34.8 Å². The maximum absolute atomic E-state index is 6.16. The zero-order valence-electron chi connectivity index (χ0n) is 11.2. The molecule has 0 amide bonds. The molecule has 0 aliphatic carbocycles. The summed E-state index contributed by atoms with van der Waals surface area (Å²) in [4.78, 5) is 0. The lowest BCUT2D eigenvalue weighted by Crippen LogP contribution is -2.10. The molecule has 0 fully saturated rings. The van der Waals surface area contributed by atoms with Crippen LogP contribution in [-0.4, -0.2) is 15.7 Å². The van der Waals surface area contributed by atoms with E-state index in [1.807, 2.05) is 13.0 Å². The normalized spacial score (nSPS) is 12.6. The molecule has 4 heteroatoms. The Hall–Kier alpha value is -0.800. The molecule has 102 valence electrons. The Morgan fingerprint density at radius 3 is 2.79 bits per heavy atom. The molecule has 0 N–H and O–H groups in total. The lowest BCUT2D eigenvalue weighted by Gasteiger charge is -2.15. The quantitative estimate of drug-likeness (QED) is 0.730. The molecule has 0 bridgehead atoms. The minimum absolute atomic E-state index is 0.320. The Balaban J connectivity index is 2.23. The zero-order valence-corrected chi connectivity index (χ0v) is 13.6. The second kappa shape index (κ2) is 6.58. The minimum atomic E-state index is 0.320. The third-order valence-corrected chi connectivity index (χ3v) is 4.11. The van der Waals surface area contributed by atoms with Gasteiger partial charge in [0.15, 0.2) is 0 Å².